The molecule has 0 spiro atoms. The molecule has 1 heterocycles. The largest absolute Gasteiger partial charge is 0.292 e. The highest BCUT2D eigenvalue weighted by atomic mass is 15.3. The molecule has 0 aliphatic carbocycles. The molecule has 1 aromatic heterocycles. The smallest absolute Gasteiger partial charge is 0.141 e. The van der Waals surface area contributed by atoms with Gasteiger partial charge in [-0.1, -0.05) is 44.2 Å². The maximum absolute atomic E-state index is 4.41. The van der Waals surface area contributed by atoms with E-state index < -0.39 is 0 Å². The van der Waals surface area contributed by atoms with Crippen LogP contribution in [-0.4, -0.2) is 26.7 Å². The second kappa shape index (κ2) is 8.08. The number of hydrogen-bond acceptors (Lipinski definition) is 3. The van der Waals surface area contributed by atoms with Crippen molar-refractivity contribution in [1.29, 1.82) is 0 Å². The van der Waals surface area contributed by atoms with E-state index in [9.17, 15) is 0 Å². The third-order valence-corrected chi connectivity index (χ3v) is 4.12. The van der Waals surface area contributed by atoms with Gasteiger partial charge in [-0.05, 0) is 38.3 Å². The minimum absolute atomic E-state index is 0.422. The zero-order valence-corrected chi connectivity index (χ0v) is 14.2. The molecule has 22 heavy (non-hydrogen) atoms. The quantitative estimate of drug-likeness (QED) is 0.741. The van der Waals surface area contributed by atoms with Gasteiger partial charge < -0.3 is 0 Å². The van der Waals surface area contributed by atoms with E-state index in [-0.39, 0.29) is 0 Å². The normalized spacial score (nSPS) is 13.0. The van der Waals surface area contributed by atoms with Gasteiger partial charge in [0, 0.05) is 12.6 Å². The summed E-state index contributed by atoms with van der Waals surface area (Å²) in [4.78, 5) is 6.81. The Morgan fingerprint density at radius 1 is 1.14 bits per heavy atom. The van der Waals surface area contributed by atoms with E-state index in [1.165, 1.54) is 18.4 Å². The summed E-state index contributed by atoms with van der Waals surface area (Å²) in [6.45, 7) is 8.37. The van der Waals surface area contributed by atoms with E-state index in [1.54, 1.807) is 6.33 Å². The summed E-state index contributed by atoms with van der Waals surface area (Å²) < 4.78 is 1.97. The maximum atomic E-state index is 4.41. The Morgan fingerprint density at radius 2 is 1.86 bits per heavy atom. The summed E-state index contributed by atoms with van der Waals surface area (Å²) in [6, 6.07) is 11.2. The summed E-state index contributed by atoms with van der Waals surface area (Å²) in [5, 5.41) is 4.27. The van der Waals surface area contributed by atoms with Crippen molar-refractivity contribution >= 4 is 0 Å². The van der Waals surface area contributed by atoms with Gasteiger partial charge in [0.25, 0.3) is 0 Å². The molecule has 0 aliphatic rings. The SMILES string of the molecule is CCn1ncnc1CN(C)C(CCC(C)C)c1ccccc1. The molecule has 0 radical (unpaired) electrons. The first-order valence-electron chi connectivity index (χ1n) is 8.23. The van der Waals surface area contributed by atoms with Crippen LogP contribution in [0.15, 0.2) is 36.7 Å². The van der Waals surface area contributed by atoms with Gasteiger partial charge >= 0.3 is 0 Å². The molecule has 0 saturated heterocycles. The van der Waals surface area contributed by atoms with Gasteiger partial charge in [-0.2, -0.15) is 5.10 Å². The molecule has 0 bridgehead atoms. The zero-order valence-electron chi connectivity index (χ0n) is 14.2. The van der Waals surface area contributed by atoms with E-state index in [0.717, 1.165) is 24.8 Å². The van der Waals surface area contributed by atoms with E-state index in [1.807, 2.05) is 4.68 Å². The molecule has 4 nitrogen and oxygen atoms in total. The van der Waals surface area contributed by atoms with Crippen LogP contribution in [0.1, 0.15) is 51.0 Å². The zero-order chi connectivity index (χ0) is 15.9. The van der Waals surface area contributed by atoms with Crippen molar-refractivity contribution in [2.24, 2.45) is 5.92 Å². The Kier molecular flexibility index (Phi) is 6.13. The molecule has 0 aliphatic heterocycles. The summed E-state index contributed by atoms with van der Waals surface area (Å²) in [7, 11) is 2.19. The van der Waals surface area contributed by atoms with E-state index in [2.05, 4.69) is 73.1 Å². The van der Waals surface area contributed by atoms with Crippen LogP contribution in [0.5, 0.6) is 0 Å². The second-order valence-corrected chi connectivity index (χ2v) is 6.30. The first-order chi connectivity index (χ1) is 10.6. The minimum atomic E-state index is 0.422. The van der Waals surface area contributed by atoms with Crippen LogP contribution in [-0.2, 0) is 13.1 Å². The van der Waals surface area contributed by atoms with Gasteiger partial charge in [0.15, 0.2) is 0 Å². The monoisotopic (exact) mass is 300 g/mol. The predicted molar refractivity (Wildman–Crippen MR) is 90.4 cm³/mol. The topological polar surface area (TPSA) is 34.0 Å². The molecule has 1 unspecified atom stereocenters. The molecule has 4 heteroatoms. The van der Waals surface area contributed by atoms with Crippen molar-refractivity contribution < 1.29 is 0 Å². The number of nitrogens with zero attached hydrogens (tertiary/aromatic N) is 4. The van der Waals surface area contributed by atoms with Crippen LogP contribution in [0, 0.1) is 5.92 Å². The molecule has 2 aromatic rings. The van der Waals surface area contributed by atoms with Crippen molar-refractivity contribution in [3.05, 3.63) is 48.0 Å². The standard InChI is InChI=1S/C18H28N4/c1-5-22-18(19-14-20-22)13-21(4)17(12-11-15(2)3)16-9-7-6-8-10-16/h6-10,14-15,17H,5,11-13H2,1-4H3. The number of aryl methyl sites for hydroxylation is 1. The Labute approximate surface area is 134 Å². The molecule has 0 fully saturated rings. The molecule has 1 aromatic carbocycles. The van der Waals surface area contributed by atoms with Gasteiger partial charge in [0.2, 0.25) is 0 Å². The highest BCUT2D eigenvalue weighted by molar-refractivity contribution is 5.19. The predicted octanol–water partition coefficient (Wildman–Crippen LogP) is 3.91. The van der Waals surface area contributed by atoms with Crippen molar-refractivity contribution in [3.63, 3.8) is 0 Å². The second-order valence-electron chi connectivity index (χ2n) is 6.30. The van der Waals surface area contributed by atoms with E-state index >= 15 is 0 Å². The molecule has 120 valence electrons. The molecule has 0 amide bonds. The fourth-order valence-electron chi connectivity index (χ4n) is 2.82. The fraction of sp³-hybridized carbons (Fsp3) is 0.556. The average Bonchev–Trinajstić information content (AvgIpc) is 2.95. The third kappa shape index (κ3) is 4.41. The number of hydrogen-bond donors (Lipinski definition) is 0. The highest BCUT2D eigenvalue weighted by Crippen LogP contribution is 2.27. The lowest BCUT2D eigenvalue weighted by atomic mass is 9.96. The number of benzene rings is 1. The van der Waals surface area contributed by atoms with Crippen LogP contribution >= 0.6 is 0 Å². The minimum Gasteiger partial charge on any atom is -0.292 e. The van der Waals surface area contributed by atoms with Crippen LogP contribution in [0.3, 0.4) is 0 Å². The summed E-state index contributed by atoms with van der Waals surface area (Å²) in [5.41, 5.74) is 1.38. The molecule has 0 saturated carbocycles. The van der Waals surface area contributed by atoms with Gasteiger partial charge in [0.05, 0.1) is 6.54 Å². The Balaban J connectivity index is 2.13. The van der Waals surface area contributed by atoms with E-state index in [4.69, 9.17) is 0 Å². The van der Waals surface area contributed by atoms with Crippen LogP contribution in [0.25, 0.3) is 0 Å². The Bertz CT molecular complexity index is 547. The fourth-order valence-corrected chi connectivity index (χ4v) is 2.82. The molecular weight excluding hydrogens is 272 g/mol. The molecule has 2 rings (SSSR count). The Morgan fingerprint density at radius 3 is 2.50 bits per heavy atom. The molecule has 0 N–H and O–H groups in total. The summed E-state index contributed by atoms with van der Waals surface area (Å²) in [5.74, 6) is 1.76. The van der Waals surface area contributed by atoms with Gasteiger partial charge in [0.1, 0.15) is 12.2 Å². The van der Waals surface area contributed by atoms with Crippen LogP contribution in [0.4, 0.5) is 0 Å². The van der Waals surface area contributed by atoms with Crippen molar-refractivity contribution in [2.75, 3.05) is 7.05 Å². The first-order valence-corrected chi connectivity index (χ1v) is 8.23. The number of aromatic nitrogens is 3. The molecule has 1 atom stereocenters. The maximum Gasteiger partial charge on any atom is 0.141 e. The van der Waals surface area contributed by atoms with Crippen molar-refractivity contribution in [3.8, 4) is 0 Å². The molecular formula is C18H28N4. The van der Waals surface area contributed by atoms with Crippen LogP contribution < -0.4 is 0 Å². The third-order valence-electron chi connectivity index (χ3n) is 4.12. The lowest BCUT2D eigenvalue weighted by Crippen LogP contribution is -2.26. The summed E-state index contributed by atoms with van der Waals surface area (Å²) >= 11 is 0. The van der Waals surface area contributed by atoms with E-state index in [0.29, 0.717) is 6.04 Å². The van der Waals surface area contributed by atoms with Crippen LogP contribution in [0.2, 0.25) is 0 Å². The van der Waals surface area contributed by atoms with Crippen molar-refractivity contribution in [2.45, 2.75) is 52.7 Å². The van der Waals surface area contributed by atoms with Gasteiger partial charge in [-0.25, -0.2) is 9.67 Å². The average molecular weight is 300 g/mol. The van der Waals surface area contributed by atoms with Gasteiger partial charge in [-0.15, -0.1) is 0 Å². The lowest BCUT2D eigenvalue weighted by molar-refractivity contribution is 0.207. The first kappa shape index (κ1) is 16.7. The highest BCUT2D eigenvalue weighted by Gasteiger charge is 2.19. The lowest BCUT2D eigenvalue weighted by Gasteiger charge is -2.29. The Hall–Kier alpha value is -1.68. The summed E-state index contributed by atoms with van der Waals surface area (Å²) in [6.07, 6.45) is 4.04. The van der Waals surface area contributed by atoms with Gasteiger partial charge in [-0.3, -0.25) is 4.90 Å². The number of rotatable bonds is 8. The van der Waals surface area contributed by atoms with Crippen molar-refractivity contribution in [1.82, 2.24) is 19.7 Å².